The Bertz CT molecular complexity index is 467. The fourth-order valence-corrected chi connectivity index (χ4v) is 2.30. The van der Waals surface area contributed by atoms with Gasteiger partial charge < -0.3 is 10.0 Å². The maximum Gasteiger partial charge on any atom is 0.304 e. The topological polar surface area (TPSA) is 57.6 Å². The van der Waals surface area contributed by atoms with Gasteiger partial charge in [0.1, 0.15) is 0 Å². The van der Waals surface area contributed by atoms with Gasteiger partial charge in [0.25, 0.3) is 0 Å². The smallest absolute Gasteiger partial charge is 0.304 e. The molecule has 0 aliphatic carbocycles. The molecule has 0 bridgehead atoms. The highest BCUT2D eigenvalue weighted by Crippen LogP contribution is 2.15. The minimum atomic E-state index is -0.927. The number of ketones is 1. The first-order valence-corrected chi connectivity index (χ1v) is 7.45. The second-order valence-corrected chi connectivity index (χ2v) is 5.64. The SMILES string of the molecule is CCCCN(C)CC(CC(=O)O)C(=O)c1ccc(C)cc1. The van der Waals surface area contributed by atoms with E-state index in [4.69, 9.17) is 5.11 Å². The zero-order valence-electron chi connectivity index (χ0n) is 13.1. The number of hydrogen-bond donors (Lipinski definition) is 1. The van der Waals surface area contributed by atoms with Crippen LogP contribution in [-0.2, 0) is 4.79 Å². The summed E-state index contributed by atoms with van der Waals surface area (Å²) in [6.45, 7) is 5.44. The van der Waals surface area contributed by atoms with Gasteiger partial charge in [0.15, 0.2) is 5.78 Å². The number of nitrogens with zero attached hydrogens (tertiary/aromatic N) is 1. The number of carbonyl (C=O) groups excluding carboxylic acids is 1. The Morgan fingerprint density at radius 1 is 1.24 bits per heavy atom. The number of unbranched alkanes of at least 4 members (excludes halogenated alkanes) is 1. The van der Waals surface area contributed by atoms with Gasteiger partial charge in [0.2, 0.25) is 0 Å². The third kappa shape index (κ3) is 6.08. The highest BCUT2D eigenvalue weighted by atomic mass is 16.4. The lowest BCUT2D eigenvalue weighted by Gasteiger charge is -2.22. The molecular weight excluding hydrogens is 266 g/mol. The van der Waals surface area contributed by atoms with E-state index in [1.165, 1.54) is 0 Å². The number of aryl methyl sites for hydroxylation is 1. The number of benzene rings is 1. The molecule has 1 atom stereocenters. The summed E-state index contributed by atoms with van der Waals surface area (Å²) in [4.78, 5) is 25.6. The van der Waals surface area contributed by atoms with Crippen LogP contribution in [0.1, 0.15) is 42.1 Å². The Morgan fingerprint density at radius 3 is 2.38 bits per heavy atom. The molecule has 4 nitrogen and oxygen atoms in total. The summed E-state index contributed by atoms with van der Waals surface area (Å²) in [5, 5.41) is 9.04. The maximum absolute atomic E-state index is 12.5. The van der Waals surface area contributed by atoms with Crippen molar-refractivity contribution in [3.8, 4) is 0 Å². The lowest BCUT2D eigenvalue weighted by molar-refractivity contribution is -0.137. The van der Waals surface area contributed by atoms with Crippen LogP contribution in [0.15, 0.2) is 24.3 Å². The summed E-state index contributed by atoms with van der Waals surface area (Å²) in [6.07, 6.45) is 2.01. The maximum atomic E-state index is 12.5. The Labute approximate surface area is 126 Å². The molecule has 116 valence electrons. The zero-order valence-corrected chi connectivity index (χ0v) is 13.1. The monoisotopic (exact) mass is 291 g/mol. The molecule has 0 saturated heterocycles. The van der Waals surface area contributed by atoms with Crippen molar-refractivity contribution in [3.05, 3.63) is 35.4 Å². The molecule has 0 amide bonds. The molecule has 1 unspecified atom stereocenters. The van der Waals surface area contributed by atoms with Crippen molar-refractivity contribution in [1.82, 2.24) is 4.90 Å². The summed E-state index contributed by atoms with van der Waals surface area (Å²) in [7, 11) is 1.94. The molecule has 4 heteroatoms. The molecule has 0 radical (unpaired) electrons. The standard InChI is InChI=1S/C17H25NO3/c1-4-5-10-18(3)12-15(11-16(19)20)17(21)14-8-6-13(2)7-9-14/h6-9,15H,4-5,10-12H2,1-3H3,(H,19,20). The molecular formula is C17H25NO3. The quantitative estimate of drug-likeness (QED) is 0.711. The van der Waals surface area contributed by atoms with Gasteiger partial charge in [-0.25, -0.2) is 0 Å². The molecule has 1 rings (SSSR count). The molecule has 0 aliphatic rings. The lowest BCUT2D eigenvalue weighted by atomic mass is 9.93. The van der Waals surface area contributed by atoms with Gasteiger partial charge in [-0.3, -0.25) is 9.59 Å². The highest BCUT2D eigenvalue weighted by molar-refractivity contribution is 5.99. The number of carbonyl (C=O) groups is 2. The number of carboxylic acids is 1. The van der Waals surface area contributed by atoms with Crippen LogP contribution in [0.3, 0.4) is 0 Å². The van der Waals surface area contributed by atoms with E-state index in [9.17, 15) is 9.59 Å². The van der Waals surface area contributed by atoms with E-state index in [1.54, 1.807) is 12.1 Å². The van der Waals surface area contributed by atoms with Gasteiger partial charge in [0.05, 0.1) is 6.42 Å². The predicted molar refractivity (Wildman–Crippen MR) is 83.7 cm³/mol. The van der Waals surface area contributed by atoms with Crippen LogP contribution < -0.4 is 0 Å². The van der Waals surface area contributed by atoms with Crippen LogP contribution in [-0.4, -0.2) is 41.9 Å². The fraction of sp³-hybridized carbons (Fsp3) is 0.529. The van der Waals surface area contributed by atoms with Gasteiger partial charge >= 0.3 is 5.97 Å². The molecule has 1 aromatic carbocycles. The van der Waals surface area contributed by atoms with Crippen molar-refractivity contribution in [1.29, 1.82) is 0 Å². The second-order valence-electron chi connectivity index (χ2n) is 5.64. The van der Waals surface area contributed by atoms with Gasteiger partial charge in [-0.2, -0.15) is 0 Å². The Kier molecular flexibility index (Phi) is 7.09. The summed E-state index contributed by atoms with van der Waals surface area (Å²) in [5.41, 5.74) is 1.68. The third-order valence-electron chi connectivity index (χ3n) is 3.55. The van der Waals surface area contributed by atoms with Crippen LogP contribution in [0.2, 0.25) is 0 Å². The summed E-state index contributed by atoms with van der Waals surface area (Å²) in [6, 6.07) is 7.31. The van der Waals surface area contributed by atoms with E-state index < -0.39 is 11.9 Å². The summed E-state index contributed by atoms with van der Waals surface area (Å²) in [5.74, 6) is -1.50. The Balaban J connectivity index is 2.78. The molecule has 0 saturated carbocycles. The first-order chi connectivity index (χ1) is 9.93. The Morgan fingerprint density at radius 2 is 1.86 bits per heavy atom. The number of carboxylic acid groups (broad SMARTS) is 1. The van der Waals surface area contributed by atoms with E-state index in [0.717, 1.165) is 24.9 Å². The average Bonchev–Trinajstić information content (AvgIpc) is 2.44. The largest absolute Gasteiger partial charge is 0.481 e. The first kappa shape index (κ1) is 17.4. The van der Waals surface area contributed by atoms with Crippen LogP contribution in [0, 0.1) is 12.8 Å². The minimum Gasteiger partial charge on any atom is -0.481 e. The van der Waals surface area contributed by atoms with Crippen molar-refractivity contribution in [2.75, 3.05) is 20.1 Å². The normalized spacial score (nSPS) is 12.4. The van der Waals surface area contributed by atoms with E-state index >= 15 is 0 Å². The molecule has 1 N–H and O–H groups in total. The van der Waals surface area contributed by atoms with Crippen molar-refractivity contribution in [2.24, 2.45) is 5.92 Å². The molecule has 0 heterocycles. The highest BCUT2D eigenvalue weighted by Gasteiger charge is 2.24. The average molecular weight is 291 g/mol. The Hall–Kier alpha value is -1.68. The van der Waals surface area contributed by atoms with Crippen LogP contribution in [0.5, 0.6) is 0 Å². The van der Waals surface area contributed by atoms with E-state index in [0.29, 0.717) is 12.1 Å². The molecule has 0 aromatic heterocycles. The molecule has 21 heavy (non-hydrogen) atoms. The summed E-state index contributed by atoms with van der Waals surface area (Å²) >= 11 is 0. The lowest BCUT2D eigenvalue weighted by Crippen LogP contribution is -2.32. The van der Waals surface area contributed by atoms with Crippen molar-refractivity contribution in [2.45, 2.75) is 33.1 Å². The minimum absolute atomic E-state index is 0.0826. The first-order valence-electron chi connectivity index (χ1n) is 7.45. The predicted octanol–water partition coefficient (Wildman–Crippen LogP) is 3.00. The molecule has 0 fully saturated rings. The van der Waals surface area contributed by atoms with Gasteiger partial charge in [-0.15, -0.1) is 0 Å². The molecule has 0 aliphatic heterocycles. The van der Waals surface area contributed by atoms with E-state index in [1.807, 2.05) is 31.0 Å². The zero-order chi connectivity index (χ0) is 15.8. The van der Waals surface area contributed by atoms with Gasteiger partial charge in [-0.05, 0) is 26.9 Å². The van der Waals surface area contributed by atoms with Crippen molar-refractivity contribution in [3.63, 3.8) is 0 Å². The van der Waals surface area contributed by atoms with Crippen molar-refractivity contribution < 1.29 is 14.7 Å². The van der Waals surface area contributed by atoms with Crippen LogP contribution in [0.25, 0.3) is 0 Å². The number of aliphatic carboxylic acids is 1. The fourth-order valence-electron chi connectivity index (χ4n) is 2.30. The number of Topliss-reactive ketones (excluding diaryl/α,β-unsaturated/α-hetero) is 1. The molecule has 1 aromatic rings. The molecule has 0 spiro atoms. The van der Waals surface area contributed by atoms with Gasteiger partial charge in [-0.1, -0.05) is 43.2 Å². The third-order valence-corrected chi connectivity index (χ3v) is 3.55. The number of rotatable bonds is 9. The number of hydrogen-bond acceptors (Lipinski definition) is 3. The summed E-state index contributed by atoms with van der Waals surface area (Å²) < 4.78 is 0. The van der Waals surface area contributed by atoms with E-state index in [-0.39, 0.29) is 12.2 Å². The van der Waals surface area contributed by atoms with Crippen molar-refractivity contribution >= 4 is 11.8 Å². The van der Waals surface area contributed by atoms with Crippen LogP contribution in [0.4, 0.5) is 0 Å². The van der Waals surface area contributed by atoms with Crippen LogP contribution >= 0.6 is 0 Å². The second kappa shape index (κ2) is 8.57. The van der Waals surface area contributed by atoms with Gasteiger partial charge in [0, 0.05) is 18.0 Å². The van der Waals surface area contributed by atoms with E-state index in [2.05, 4.69) is 6.92 Å².